The van der Waals surface area contributed by atoms with Crippen molar-refractivity contribution in [1.29, 1.82) is 0 Å². The van der Waals surface area contributed by atoms with Gasteiger partial charge in [0.15, 0.2) is 0 Å². The lowest BCUT2D eigenvalue weighted by Gasteiger charge is -2.33. The molecule has 0 fully saturated rings. The first-order valence-corrected chi connectivity index (χ1v) is 14.5. The first kappa shape index (κ1) is 29.6. The van der Waals surface area contributed by atoms with Gasteiger partial charge in [0.05, 0.1) is 18.6 Å². The van der Waals surface area contributed by atoms with Crippen molar-refractivity contribution in [1.82, 2.24) is 10.2 Å². The van der Waals surface area contributed by atoms with Gasteiger partial charge in [0, 0.05) is 19.5 Å². The minimum Gasteiger partial charge on any atom is -0.492 e. The van der Waals surface area contributed by atoms with Crippen molar-refractivity contribution in [2.75, 3.05) is 30.3 Å². The van der Waals surface area contributed by atoms with Crippen LogP contribution in [0.15, 0.2) is 78.9 Å². The predicted octanol–water partition coefficient (Wildman–Crippen LogP) is 3.77. The van der Waals surface area contributed by atoms with Gasteiger partial charge in [-0.25, -0.2) is 12.8 Å². The zero-order chi connectivity index (χ0) is 28.4. The van der Waals surface area contributed by atoms with E-state index < -0.39 is 34.3 Å². The zero-order valence-corrected chi connectivity index (χ0v) is 23.2. The number of rotatable bonds is 13. The molecule has 0 aromatic heterocycles. The van der Waals surface area contributed by atoms with Gasteiger partial charge in [-0.05, 0) is 49.2 Å². The maximum atomic E-state index is 14.0. The number of nitrogens with one attached hydrogen (secondary N) is 1. The lowest BCUT2D eigenvalue weighted by atomic mass is 10.0. The van der Waals surface area contributed by atoms with Crippen molar-refractivity contribution in [2.24, 2.45) is 0 Å². The molecule has 0 saturated carbocycles. The van der Waals surface area contributed by atoms with E-state index in [2.05, 4.69) is 5.32 Å². The summed E-state index contributed by atoms with van der Waals surface area (Å²) in [6.07, 6.45) is 1.21. The molecule has 0 spiro atoms. The number of hydrogen-bond acceptors (Lipinski definition) is 5. The predicted molar refractivity (Wildman–Crippen MR) is 149 cm³/mol. The Morgan fingerprint density at radius 3 is 2.18 bits per heavy atom. The molecule has 0 radical (unpaired) electrons. The minimum atomic E-state index is -3.93. The Hall–Kier alpha value is -3.92. The topological polar surface area (TPSA) is 96.0 Å². The number of benzene rings is 3. The summed E-state index contributed by atoms with van der Waals surface area (Å²) in [4.78, 5) is 28.6. The van der Waals surface area contributed by atoms with E-state index in [1.165, 1.54) is 29.2 Å². The molecule has 3 aromatic carbocycles. The first-order chi connectivity index (χ1) is 18.6. The maximum absolute atomic E-state index is 14.0. The van der Waals surface area contributed by atoms with Crippen molar-refractivity contribution in [3.8, 4) is 5.75 Å². The summed E-state index contributed by atoms with van der Waals surface area (Å²) in [5.41, 5.74) is 1.63. The number of halogens is 1. The van der Waals surface area contributed by atoms with Crippen LogP contribution in [0, 0.1) is 5.82 Å². The van der Waals surface area contributed by atoms with Crippen LogP contribution in [0.5, 0.6) is 5.75 Å². The number of hydrogen-bond donors (Lipinski definition) is 1. The van der Waals surface area contributed by atoms with Gasteiger partial charge in [-0.2, -0.15) is 0 Å². The Bertz CT molecular complexity index is 1350. The number of carbonyl (C=O) groups excluding carboxylic acids is 2. The molecular weight excluding hydrogens is 521 g/mol. The number of carbonyl (C=O) groups is 2. The number of sulfonamides is 1. The summed E-state index contributed by atoms with van der Waals surface area (Å²) in [7, 11) is -3.93. The second kappa shape index (κ2) is 13.7. The Morgan fingerprint density at radius 2 is 1.56 bits per heavy atom. The Morgan fingerprint density at radius 1 is 0.923 bits per heavy atom. The molecule has 0 aliphatic carbocycles. The molecule has 0 aliphatic heterocycles. The largest absolute Gasteiger partial charge is 0.492 e. The van der Waals surface area contributed by atoms with Crippen molar-refractivity contribution in [2.45, 2.75) is 32.9 Å². The molecule has 3 rings (SSSR count). The summed E-state index contributed by atoms with van der Waals surface area (Å²) in [6, 6.07) is 20.5. The fraction of sp³-hybridized carbons (Fsp3) is 0.310. The molecule has 0 bridgehead atoms. The molecule has 1 atom stereocenters. The Labute approximate surface area is 229 Å². The molecule has 39 heavy (non-hydrogen) atoms. The standard InChI is InChI=1S/C29H34FN3O5S/c1-4-31-29(35)26(19-22-11-7-6-8-12-22)32(20-23-15-17-24(30)18-16-23)28(34)21-33(39(3,36)37)25-13-9-10-14-27(25)38-5-2/h6-18,26H,4-5,19-21H2,1-3H3,(H,31,35)/t26-/m0/s1. The van der Waals surface area contributed by atoms with Crippen LogP contribution in [0.25, 0.3) is 0 Å². The van der Waals surface area contributed by atoms with E-state index >= 15 is 0 Å². The average molecular weight is 556 g/mol. The number of amides is 2. The fourth-order valence-corrected chi connectivity index (χ4v) is 5.02. The SMILES string of the molecule is CCNC(=O)[C@H](Cc1ccccc1)N(Cc1ccc(F)cc1)C(=O)CN(c1ccccc1OCC)S(C)(=O)=O. The molecular formula is C29H34FN3O5S. The Kier molecular flexibility index (Phi) is 10.4. The van der Waals surface area contributed by atoms with Gasteiger partial charge in [-0.1, -0.05) is 54.6 Å². The number of para-hydroxylation sites is 2. The molecule has 0 saturated heterocycles. The quantitative estimate of drug-likeness (QED) is 0.347. The summed E-state index contributed by atoms with van der Waals surface area (Å²) in [6.45, 7) is 3.61. The van der Waals surface area contributed by atoms with E-state index in [1.54, 1.807) is 38.1 Å². The van der Waals surface area contributed by atoms with E-state index in [9.17, 15) is 22.4 Å². The molecule has 0 aliphatic rings. The molecule has 208 valence electrons. The van der Waals surface area contributed by atoms with Gasteiger partial charge in [0.25, 0.3) is 0 Å². The second-order valence-electron chi connectivity index (χ2n) is 8.92. The van der Waals surface area contributed by atoms with Crippen molar-refractivity contribution in [3.63, 3.8) is 0 Å². The van der Waals surface area contributed by atoms with Gasteiger partial charge in [-0.3, -0.25) is 13.9 Å². The third-order valence-electron chi connectivity index (χ3n) is 6.00. The van der Waals surface area contributed by atoms with Crippen LogP contribution in [0.2, 0.25) is 0 Å². The van der Waals surface area contributed by atoms with Crippen LogP contribution >= 0.6 is 0 Å². The normalized spacial score (nSPS) is 11.9. The number of nitrogens with zero attached hydrogens (tertiary/aromatic N) is 2. The van der Waals surface area contributed by atoms with Gasteiger partial charge < -0.3 is 15.0 Å². The van der Waals surface area contributed by atoms with Gasteiger partial charge in [0.1, 0.15) is 24.2 Å². The van der Waals surface area contributed by atoms with E-state index in [1.807, 2.05) is 30.3 Å². The monoisotopic (exact) mass is 555 g/mol. The molecule has 10 heteroatoms. The summed E-state index contributed by atoms with van der Waals surface area (Å²) >= 11 is 0. The Balaban J connectivity index is 2.05. The summed E-state index contributed by atoms with van der Waals surface area (Å²) in [5.74, 6) is -1.09. The first-order valence-electron chi connectivity index (χ1n) is 12.7. The fourth-order valence-electron chi connectivity index (χ4n) is 4.17. The van der Waals surface area contributed by atoms with Crippen molar-refractivity contribution in [3.05, 3.63) is 95.8 Å². The molecule has 8 nitrogen and oxygen atoms in total. The average Bonchev–Trinajstić information content (AvgIpc) is 2.91. The van der Waals surface area contributed by atoms with Gasteiger partial charge >= 0.3 is 0 Å². The molecule has 0 heterocycles. The van der Waals surface area contributed by atoms with Crippen LogP contribution in [-0.4, -0.2) is 57.1 Å². The lowest BCUT2D eigenvalue weighted by molar-refractivity contribution is -0.140. The zero-order valence-electron chi connectivity index (χ0n) is 22.3. The van der Waals surface area contributed by atoms with Crippen molar-refractivity contribution >= 4 is 27.5 Å². The lowest BCUT2D eigenvalue weighted by Crippen LogP contribution is -2.53. The van der Waals surface area contributed by atoms with Crippen LogP contribution < -0.4 is 14.4 Å². The summed E-state index contributed by atoms with van der Waals surface area (Å²) in [5, 5.41) is 2.79. The van der Waals surface area contributed by atoms with Gasteiger partial charge in [-0.15, -0.1) is 0 Å². The molecule has 3 aromatic rings. The summed E-state index contributed by atoms with van der Waals surface area (Å²) < 4.78 is 46.1. The second-order valence-corrected chi connectivity index (χ2v) is 10.8. The van der Waals surface area contributed by atoms with Crippen LogP contribution in [0.3, 0.4) is 0 Å². The van der Waals surface area contributed by atoms with E-state index in [-0.39, 0.29) is 24.6 Å². The number of ether oxygens (including phenoxy) is 1. The third-order valence-corrected chi connectivity index (χ3v) is 7.13. The molecule has 1 N–H and O–H groups in total. The molecule has 2 amide bonds. The molecule has 0 unspecified atom stereocenters. The number of anilines is 1. The van der Waals surface area contributed by atoms with E-state index in [0.29, 0.717) is 24.5 Å². The highest BCUT2D eigenvalue weighted by molar-refractivity contribution is 7.92. The van der Waals surface area contributed by atoms with Crippen LogP contribution in [-0.2, 0) is 32.6 Å². The highest BCUT2D eigenvalue weighted by atomic mass is 32.2. The highest BCUT2D eigenvalue weighted by Crippen LogP contribution is 2.30. The third kappa shape index (κ3) is 8.28. The van der Waals surface area contributed by atoms with E-state index in [0.717, 1.165) is 16.1 Å². The van der Waals surface area contributed by atoms with Gasteiger partial charge in [0.2, 0.25) is 21.8 Å². The number of likely N-dealkylation sites (N-methyl/N-ethyl adjacent to an activating group) is 1. The van der Waals surface area contributed by atoms with Crippen LogP contribution in [0.1, 0.15) is 25.0 Å². The van der Waals surface area contributed by atoms with E-state index in [4.69, 9.17) is 4.74 Å². The highest BCUT2D eigenvalue weighted by Gasteiger charge is 2.33. The smallest absolute Gasteiger partial charge is 0.244 e. The maximum Gasteiger partial charge on any atom is 0.244 e. The van der Waals surface area contributed by atoms with Crippen LogP contribution in [0.4, 0.5) is 10.1 Å². The minimum absolute atomic E-state index is 0.0293. The van der Waals surface area contributed by atoms with Crippen molar-refractivity contribution < 1.29 is 27.1 Å².